The lowest BCUT2D eigenvalue weighted by Gasteiger charge is -2.28. The van der Waals surface area contributed by atoms with Crippen LogP contribution in [0.4, 0.5) is 8.78 Å². The van der Waals surface area contributed by atoms with E-state index in [1.807, 2.05) is 0 Å². The fraction of sp³-hybridized carbons (Fsp3) is 0.286. The maximum atomic E-state index is 14.9. The molecule has 1 aliphatic carbocycles. The Morgan fingerprint density at radius 3 is 2.52 bits per heavy atom. The molecule has 29 heavy (non-hydrogen) atoms. The van der Waals surface area contributed by atoms with Gasteiger partial charge < -0.3 is 15.4 Å². The summed E-state index contributed by atoms with van der Waals surface area (Å²) in [7, 11) is 0. The molecule has 1 aromatic carbocycles. The molecule has 2 heterocycles. The second kappa shape index (κ2) is 7.36. The third-order valence-corrected chi connectivity index (χ3v) is 5.46. The number of aromatic nitrogens is 2. The van der Waals surface area contributed by atoms with Crippen molar-refractivity contribution in [3.63, 3.8) is 0 Å². The quantitative estimate of drug-likeness (QED) is 0.704. The summed E-state index contributed by atoms with van der Waals surface area (Å²) in [6, 6.07) is 6.08. The van der Waals surface area contributed by atoms with Crippen LogP contribution in [-0.4, -0.2) is 26.7 Å². The highest BCUT2D eigenvalue weighted by Gasteiger charge is 2.29. The Hall–Kier alpha value is -3.13. The van der Waals surface area contributed by atoms with Crippen LogP contribution < -0.4 is 11.2 Å². The highest BCUT2D eigenvalue weighted by Crippen LogP contribution is 2.33. The smallest absolute Gasteiger partial charge is 0.341 e. The molecule has 8 heteroatoms. The predicted molar refractivity (Wildman–Crippen MR) is 103 cm³/mol. The van der Waals surface area contributed by atoms with Crippen LogP contribution in [-0.2, 0) is 0 Å². The van der Waals surface area contributed by atoms with Gasteiger partial charge in [0.15, 0.2) is 0 Å². The fourth-order valence-electron chi connectivity index (χ4n) is 3.95. The van der Waals surface area contributed by atoms with Crippen molar-refractivity contribution in [2.24, 2.45) is 5.73 Å². The van der Waals surface area contributed by atoms with E-state index >= 15 is 0 Å². The lowest BCUT2D eigenvalue weighted by molar-refractivity contribution is 0.0695. The SMILES string of the molecule is NC1CCCCC1c1nc2c(cc1F)c(=O)c(C(=O)O)cn2-c1ccc(F)cc1. The number of hydrogen-bond donors (Lipinski definition) is 2. The maximum Gasteiger partial charge on any atom is 0.341 e. The number of nitrogens with two attached hydrogens (primary N) is 1. The molecular weight excluding hydrogens is 380 g/mol. The molecule has 2 unspecified atom stereocenters. The molecule has 6 nitrogen and oxygen atoms in total. The van der Waals surface area contributed by atoms with E-state index in [2.05, 4.69) is 4.98 Å². The van der Waals surface area contributed by atoms with Gasteiger partial charge in [0.05, 0.1) is 11.1 Å². The summed E-state index contributed by atoms with van der Waals surface area (Å²) < 4.78 is 29.6. The molecule has 0 aliphatic heterocycles. The monoisotopic (exact) mass is 399 g/mol. The third kappa shape index (κ3) is 3.40. The molecule has 150 valence electrons. The number of carboxylic acid groups (broad SMARTS) is 1. The van der Waals surface area contributed by atoms with Gasteiger partial charge >= 0.3 is 5.97 Å². The molecule has 1 fully saturated rings. The van der Waals surface area contributed by atoms with Gasteiger partial charge in [0.1, 0.15) is 22.8 Å². The van der Waals surface area contributed by atoms with Gasteiger partial charge in [0.25, 0.3) is 0 Å². The van der Waals surface area contributed by atoms with Crippen molar-refractivity contribution in [1.82, 2.24) is 9.55 Å². The first-order valence-electron chi connectivity index (χ1n) is 9.37. The molecule has 1 saturated carbocycles. The summed E-state index contributed by atoms with van der Waals surface area (Å²) in [4.78, 5) is 28.6. The van der Waals surface area contributed by atoms with Crippen molar-refractivity contribution in [3.8, 4) is 5.69 Å². The number of fused-ring (bicyclic) bond motifs is 1. The second-order valence-electron chi connectivity index (χ2n) is 7.30. The zero-order valence-electron chi connectivity index (χ0n) is 15.4. The van der Waals surface area contributed by atoms with Crippen molar-refractivity contribution < 1.29 is 18.7 Å². The topological polar surface area (TPSA) is 98.2 Å². The van der Waals surface area contributed by atoms with Crippen LogP contribution in [0.1, 0.15) is 47.7 Å². The Labute approximate surface area is 164 Å². The Morgan fingerprint density at radius 2 is 1.86 bits per heavy atom. The van der Waals surface area contributed by atoms with E-state index in [1.54, 1.807) is 0 Å². The standard InChI is InChI=1S/C21H19F2N3O3/c22-11-5-7-12(8-6-11)26-10-15(21(28)29)19(27)14-9-16(23)18(25-20(14)26)13-3-1-2-4-17(13)24/h5-10,13,17H,1-4,24H2,(H,28,29). The van der Waals surface area contributed by atoms with E-state index in [-0.39, 0.29) is 28.7 Å². The second-order valence-corrected chi connectivity index (χ2v) is 7.30. The average Bonchev–Trinajstić information content (AvgIpc) is 2.69. The Morgan fingerprint density at radius 1 is 1.17 bits per heavy atom. The summed E-state index contributed by atoms with van der Waals surface area (Å²) >= 11 is 0. The van der Waals surface area contributed by atoms with Gasteiger partial charge in [-0.1, -0.05) is 12.8 Å². The van der Waals surface area contributed by atoms with E-state index in [4.69, 9.17) is 5.73 Å². The molecule has 2 atom stereocenters. The number of aromatic carboxylic acids is 1. The van der Waals surface area contributed by atoms with Gasteiger partial charge in [0.2, 0.25) is 5.43 Å². The maximum absolute atomic E-state index is 14.9. The Bertz CT molecular complexity index is 1160. The number of halogens is 2. The van der Waals surface area contributed by atoms with Crippen LogP contribution in [0.2, 0.25) is 0 Å². The molecule has 4 rings (SSSR count). The summed E-state index contributed by atoms with van der Waals surface area (Å²) in [5, 5.41) is 9.25. The predicted octanol–water partition coefficient (Wildman–Crippen LogP) is 3.35. The van der Waals surface area contributed by atoms with Crippen molar-refractivity contribution in [2.45, 2.75) is 37.6 Å². The highest BCUT2D eigenvalue weighted by atomic mass is 19.1. The van der Waals surface area contributed by atoms with Crippen molar-refractivity contribution in [3.05, 3.63) is 69.6 Å². The van der Waals surface area contributed by atoms with Gasteiger partial charge in [-0.05, 0) is 43.2 Å². The minimum Gasteiger partial charge on any atom is -0.477 e. The zero-order chi connectivity index (χ0) is 20.7. The van der Waals surface area contributed by atoms with Crippen LogP contribution in [0, 0.1) is 11.6 Å². The van der Waals surface area contributed by atoms with Gasteiger partial charge in [-0.15, -0.1) is 0 Å². The number of pyridine rings is 2. The molecule has 1 aliphatic rings. The summed E-state index contributed by atoms with van der Waals surface area (Å²) in [5.41, 5.74) is 5.52. The first-order valence-corrected chi connectivity index (χ1v) is 9.37. The lowest BCUT2D eigenvalue weighted by Crippen LogP contribution is -2.32. The van der Waals surface area contributed by atoms with Gasteiger partial charge in [-0.2, -0.15) is 0 Å². The number of nitrogens with zero attached hydrogens (tertiary/aromatic N) is 2. The first kappa shape index (κ1) is 19.2. The number of benzene rings is 1. The van der Waals surface area contributed by atoms with Gasteiger partial charge in [0, 0.05) is 23.8 Å². The summed E-state index contributed by atoms with van der Waals surface area (Å²) in [5.74, 6) is -2.87. The van der Waals surface area contributed by atoms with Crippen LogP contribution in [0.15, 0.2) is 41.3 Å². The lowest BCUT2D eigenvalue weighted by atomic mass is 9.82. The Kier molecular flexibility index (Phi) is 4.87. The van der Waals surface area contributed by atoms with Crippen LogP contribution >= 0.6 is 0 Å². The summed E-state index contributed by atoms with van der Waals surface area (Å²) in [6.07, 6.45) is 4.45. The third-order valence-electron chi connectivity index (χ3n) is 5.46. The van der Waals surface area contributed by atoms with Crippen molar-refractivity contribution in [1.29, 1.82) is 0 Å². The number of rotatable bonds is 3. The van der Waals surface area contributed by atoms with E-state index in [1.165, 1.54) is 28.8 Å². The van der Waals surface area contributed by atoms with E-state index < -0.39 is 28.6 Å². The van der Waals surface area contributed by atoms with Gasteiger partial charge in [-0.25, -0.2) is 18.6 Å². The normalized spacial score (nSPS) is 19.4. The molecular formula is C21H19F2N3O3. The average molecular weight is 399 g/mol. The van der Waals surface area contributed by atoms with E-state index in [0.717, 1.165) is 31.5 Å². The molecule has 0 amide bonds. The molecule has 0 bridgehead atoms. The van der Waals surface area contributed by atoms with E-state index in [9.17, 15) is 23.5 Å². The molecule has 0 spiro atoms. The van der Waals surface area contributed by atoms with Gasteiger partial charge in [-0.3, -0.25) is 4.79 Å². The highest BCUT2D eigenvalue weighted by molar-refractivity contribution is 5.92. The van der Waals surface area contributed by atoms with Crippen molar-refractivity contribution in [2.75, 3.05) is 0 Å². The number of carbonyl (C=O) groups is 1. The molecule has 0 saturated heterocycles. The van der Waals surface area contributed by atoms with E-state index in [0.29, 0.717) is 12.1 Å². The van der Waals surface area contributed by atoms with Crippen LogP contribution in [0.5, 0.6) is 0 Å². The number of hydrogen-bond acceptors (Lipinski definition) is 4. The number of carboxylic acids is 1. The zero-order valence-corrected chi connectivity index (χ0v) is 15.4. The summed E-state index contributed by atoms with van der Waals surface area (Å²) in [6.45, 7) is 0. The molecule has 2 aromatic heterocycles. The largest absolute Gasteiger partial charge is 0.477 e. The van der Waals surface area contributed by atoms with Crippen LogP contribution in [0.3, 0.4) is 0 Å². The minimum atomic E-state index is -1.44. The van der Waals surface area contributed by atoms with Crippen molar-refractivity contribution >= 4 is 17.0 Å². The molecule has 0 radical (unpaired) electrons. The minimum absolute atomic E-state index is 0.112. The molecule has 3 aromatic rings. The Balaban J connectivity index is 2.02. The molecule has 3 N–H and O–H groups in total. The first-order chi connectivity index (χ1) is 13.9. The fourth-order valence-corrected chi connectivity index (χ4v) is 3.95. The van der Waals surface area contributed by atoms with Crippen LogP contribution in [0.25, 0.3) is 16.7 Å².